The summed E-state index contributed by atoms with van der Waals surface area (Å²) in [6.45, 7) is 4.75. The van der Waals surface area contributed by atoms with Gasteiger partial charge in [0.1, 0.15) is 0 Å². The smallest absolute Gasteiger partial charge is 0 e. The van der Waals surface area contributed by atoms with E-state index in [0.29, 0.717) is 0 Å². The quantitative estimate of drug-likeness (QED) is 0.376. The SMILES string of the molecule is [C-]#N.[Fe].[Zr]. The monoisotopic (exact) mass is 172 g/mol. The molecule has 3 heteroatoms. The molecule has 0 saturated heterocycles. The second-order valence-electron chi connectivity index (χ2n) is 0. The van der Waals surface area contributed by atoms with Crippen molar-refractivity contribution in [1.29, 1.82) is 5.26 Å². The van der Waals surface area contributed by atoms with E-state index in [-0.39, 0.29) is 43.3 Å². The Morgan fingerprint density at radius 3 is 1.25 bits per heavy atom. The zero-order valence-electron chi connectivity index (χ0n) is 1.80. The fourth-order valence-corrected chi connectivity index (χ4v) is 0. The normalized spacial score (nSPS) is 0.500. The Hall–Kier alpha value is 0.893. The van der Waals surface area contributed by atoms with E-state index < -0.39 is 0 Å². The van der Waals surface area contributed by atoms with E-state index in [1.165, 1.54) is 0 Å². The summed E-state index contributed by atoms with van der Waals surface area (Å²) >= 11 is 0. The van der Waals surface area contributed by atoms with Crippen LogP contribution in [0.25, 0.3) is 0 Å². The Labute approximate surface area is 55.0 Å². The molecule has 0 spiro atoms. The van der Waals surface area contributed by atoms with Gasteiger partial charge in [-0.15, -0.1) is 0 Å². The first-order chi connectivity index (χ1) is 1.00. The Morgan fingerprint density at radius 2 is 1.25 bits per heavy atom. The van der Waals surface area contributed by atoms with E-state index in [1.807, 2.05) is 0 Å². The van der Waals surface area contributed by atoms with Gasteiger partial charge in [0.05, 0.1) is 0 Å². The second kappa shape index (κ2) is 40.9. The molecule has 0 aliphatic heterocycles. The van der Waals surface area contributed by atoms with Gasteiger partial charge in [-0.05, 0) is 0 Å². The molecule has 0 bridgehead atoms. The van der Waals surface area contributed by atoms with Gasteiger partial charge < -0.3 is 11.8 Å². The molecule has 0 fully saturated rings. The Morgan fingerprint density at radius 1 is 1.25 bits per heavy atom. The number of rotatable bonds is 0. The number of nitrogens with zero attached hydrogens (tertiary/aromatic N) is 1. The fraction of sp³-hybridized carbons (Fsp3) is 0. The molecule has 1 nitrogen and oxygen atoms in total. The summed E-state index contributed by atoms with van der Waals surface area (Å²) in [6.07, 6.45) is 0. The molecule has 0 N–H and O–H groups in total. The molecular formula is CFeNZr-. The van der Waals surface area contributed by atoms with Gasteiger partial charge in [0.25, 0.3) is 0 Å². The summed E-state index contributed by atoms with van der Waals surface area (Å²) in [4.78, 5) is 0. The molecule has 0 atom stereocenters. The molecular weight excluding hydrogens is 173 g/mol. The molecule has 0 aromatic carbocycles. The van der Waals surface area contributed by atoms with Crippen LogP contribution in [0.4, 0.5) is 0 Å². The van der Waals surface area contributed by atoms with Gasteiger partial charge in [-0.25, -0.2) is 0 Å². The summed E-state index contributed by atoms with van der Waals surface area (Å²) < 4.78 is 0. The van der Waals surface area contributed by atoms with Gasteiger partial charge in [-0.1, -0.05) is 0 Å². The van der Waals surface area contributed by atoms with E-state index in [2.05, 4.69) is 0 Å². The van der Waals surface area contributed by atoms with Crippen molar-refractivity contribution in [1.82, 2.24) is 0 Å². The van der Waals surface area contributed by atoms with Crippen LogP contribution in [0.3, 0.4) is 0 Å². The number of hydrogen-bond acceptors (Lipinski definition) is 1. The van der Waals surface area contributed by atoms with Crippen LogP contribution >= 0.6 is 0 Å². The van der Waals surface area contributed by atoms with E-state index in [1.54, 1.807) is 0 Å². The zero-order chi connectivity index (χ0) is 2.00. The van der Waals surface area contributed by atoms with Gasteiger partial charge in [0.15, 0.2) is 0 Å². The van der Waals surface area contributed by atoms with Crippen molar-refractivity contribution in [2.24, 2.45) is 0 Å². The summed E-state index contributed by atoms with van der Waals surface area (Å²) in [7, 11) is 0. The average molecular weight is 173 g/mol. The van der Waals surface area contributed by atoms with Gasteiger partial charge in [0.2, 0.25) is 0 Å². The third kappa shape index (κ3) is 13.0. The molecule has 0 heterocycles. The molecule has 4 heavy (non-hydrogen) atoms. The van der Waals surface area contributed by atoms with Gasteiger partial charge >= 0.3 is 0 Å². The van der Waals surface area contributed by atoms with Crippen LogP contribution in [0.2, 0.25) is 0 Å². The Balaban J connectivity index is -0.00000000500. The summed E-state index contributed by atoms with van der Waals surface area (Å²) in [6, 6.07) is 0. The maximum absolute atomic E-state index is 6.25. The minimum Gasteiger partial charge on any atom is -0.512 e. The Bertz CT molecular complexity index is 12.8. The summed E-state index contributed by atoms with van der Waals surface area (Å²) in [5, 5.41) is 6.25. The van der Waals surface area contributed by atoms with Crippen LogP contribution in [0.1, 0.15) is 0 Å². The maximum atomic E-state index is 6.25. The molecule has 22 valence electrons. The van der Waals surface area contributed by atoms with Crippen molar-refractivity contribution in [2.75, 3.05) is 0 Å². The van der Waals surface area contributed by atoms with Crippen LogP contribution in [0.15, 0.2) is 0 Å². The third-order valence-electron chi connectivity index (χ3n) is 0. The second-order valence-corrected chi connectivity index (χ2v) is 0. The number of hydrogen-bond donors (Lipinski definition) is 0. The predicted molar refractivity (Wildman–Crippen MR) is 4.97 cm³/mol. The third-order valence-corrected chi connectivity index (χ3v) is 0. The van der Waals surface area contributed by atoms with Crippen molar-refractivity contribution < 1.29 is 43.3 Å². The van der Waals surface area contributed by atoms with Crippen LogP contribution < -0.4 is 0 Å². The first-order valence-electron chi connectivity index (χ1n) is 0.224. The topological polar surface area (TPSA) is 23.8 Å². The molecule has 0 aliphatic carbocycles. The van der Waals surface area contributed by atoms with Gasteiger partial charge in [0, 0.05) is 43.3 Å². The van der Waals surface area contributed by atoms with Crippen molar-refractivity contribution in [3.05, 3.63) is 6.57 Å². The van der Waals surface area contributed by atoms with E-state index >= 15 is 0 Å². The van der Waals surface area contributed by atoms with Gasteiger partial charge in [-0.3, -0.25) is 0 Å². The Kier molecular flexibility index (Phi) is 212. The minimum atomic E-state index is 0. The zero-order valence-corrected chi connectivity index (χ0v) is 5.36. The van der Waals surface area contributed by atoms with Crippen molar-refractivity contribution in [2.45, 2.75) is 0 Å². The summed E-state index contributed by atoms with van der Waals surface area (Å²) in [5.41, 5.74) is 0. The largest absolute Gasteiger partial charge is 0.512 e. The molecule has 0 aliphatic rings. The fourth-order valence-electron chi connectivity index (χ4n) is 0. The minimum absolute atomic E-state index is 0. The molecule has 0 aromatic rings. The molecule has 0 radical (unpaired) electrons. The van der Waals surface area contributed by atoms with Crippen molar-refractivity contribution in [3.63, 3.8) is 0 Å². The van der Waals surface area contributed by atoms with Crippen LogP contribution in [0, 0.1) is 11.8 Å². The van der Waals surface area contributed by atoms with Crippen LogP contribution in [-0.2, 0) is 43.3 Å². The van der Waals surface area contributed by atoms with Crippen molar-refractivity contribution in [3.8, 4) is 0 Å². The van der Waals surface area contributed by atoms with Crippen molar-refractivity contribution >= 4 is 0 Å². The molecule has 0 aromatic heterocycles. The van der Waals surface area contributed by atoms with Crippen LogP contribution in [0.5, 0.6) is 0 Å². The summed E-state index contributed by atoms with van der Waals surface area (Å²) in [5.74, 6) is 0. The van der Waals surface area contributed by atoms with E-state index in [9.17, 15) is 0 Å². The van der Waals surface area contributed by atoms with Gasteiger partial charge in [-0.2, -0.15) is 0 Å². The first-order valence-corrected chi connectivity index (χ1v) is 0.224. The average Bonchev–Trinajstić information content (AvgIpc) is 1.00. The maximum Gasteiger partial charge on any atom is 0 e. The van der Waals surface area contributed by atoms with E-state index in [0.717, 1.165) is 0 Å². The van der Waals surface area contributed by atoms with E-state index in [4.69, 9.17) is 11.8 Å². The standard InChI is InChI=1S/CN.Fe.Zr/c1-2;;/q-1;;. The predicted octanol–water partition coefficient (Wildman–Crippen LogP) is 0.0914. The molecule has 0 saturated carbocycles. The molecule has 0 unspecified atom stereocenters. The first kappa shape index (κ1) is 20.7. The molecule has 0 rings (SSSR count). The molecule has 0 amide bonds. The van der Waals surface area contributed by atoms with Crippen LogP contribution in [-0.4, -0.2) is 0 Å².